The van der Waals surface area contributed by atoms with E-state index in [0.29, 0.717) is 11.4 Å². The lowest BCUT2D eigenvalue weighted by Crippen LogP contribution is -2.30. The van der Waals surface area contributed by atoms with Crippen LogP contribution in [-0.2, 0) is 0 Å². The van der Waals surface area contributed by atoms with Gasteiger partial charge in [0.15, 0.2) is 0 Å². The van der Waals surface area contributed by atoms with Crippen molar-refractivity contribution in [3.05, 3.63) is 59.4 Å². The molecule has 1 N–H and O–H groups in total. The average Bonchev–Trinajstić information content (AvgIpc) is 3.10. The van der Waals surface area contributed by atoms with E-state index in [1.165, 1.54) is 12.1 Å². The van der Waals surface area contributed by atoms with E-state index < -0.39 is 12.3 Å². The molecule has 1 unspecified atom stereocenters. The molecule has 34 heavy (non-hydrogen) atoms. The van der Waals surface area contributed by atoms with Crippen LogP contribution in [0.5, 0.6) is 5.75 Å². The van der Waals surface area contributed by atoms with Crippen LogP contribution in [0.2, 0.25) is 0 Å². The van der Waals surface area contributed by atoms with Crippen molar-refractivity contribution in [2.24, 2.45) is 11.3 Å². The summed E-state index contributed by atoms with van der Waals surface area (Å²) in [4.78, 5) is 16.4. The van der Waals surface area contributed by atoms with E-state index in [0.717, 1.165) is 36.2 Å². The van der Waals surface area contributed by atoms with Gasteiger partial charge in [-0.2, -0.15) is 0 Å². The highest BCUT2D eigenvalue weighted by Gasteiger charge is 2.35. The van der Waals surface area contributed by atoms with Gasteiger partial charge in [-0.3, -0.25) is 0 Å². The molecule has 0 radical (unpaired) electrons. The van der Waals surface area contributed by atoms with Gasteiger partial charge in [0.25, 0.3) is 0 Å². The molecule has 4 rings (SSSR count). The summed E-state index contributed by atoms with van der Waals surface area (Å²) in [5.74, 6) is -0.214. The molecule has 3 aromatic rings. The van der Waals surface area contributed by atoms with Crippen molar-refractivity contribution < 1.29 is 27.8 Å². The molecule has 5 nitrogen and oxygen atoms in total. The molecule has 2 aromatic carbocycles. The smallest absolute Gasteiger partial charge is 0.478 e. The summed E-state index contributed by atoms with van der Waals surface area (Å²) in [5.41, 5.74) is 2.60. The maximum Gasteiger partial charge on any atom is 0.573 e. The van der Waals surface area contributed by atoms with Gasteiger partial charge in [0.1, 0.15) is 11.6 Å². The second-order valence-electron chi connectivity index (χ2n) is 10.3. The maximum absolute atomic E-state index is 12.5. The molecule has 1 fully saturated rings. The number of fused-ring (bicyclic) bond motifs is 1. The lowest BCUT2D eigenvalue weighted by molar-refractivity contribution is -0.274. The quantitative estimate of drug-likeness (QED) is 0.426. The van der Waals surface area contributed by atoms with Crippen LogP contribution in [0.4, 0.5) is 13.2 Å². The second kappa shape index (κ2) is 8.64. The number of aromatic carboxylic acids is 1. The summed E-state index contributed by atoms with van der Waals surface area (Å²) in [5, 5.41) is 9.44. The van der Waals surface area contributed by atoms with Gasteiger partial charge in [-0.1, -0.05) is 39.8 Å². The highest BCUT2D eigenvalue weighted by molar-refractivity contribution is 5.92. The third-order valence-corrected chi connectivity index (χ3v) is 6.69. The normalized spacial score (nSPS) is 21.4. The molecule has 1 aliphatic rings. The van der Waals surface area contributed by atoms with Crippen LogP contribution in [0.1, 0.15) is 80.7 Å². The number of nitrogens with zero attached hydrogens (tertiary/aromatic N) is 2. The molecule has 1 aromatic heterocycles. The molecule has 0 spiro atoms. The molecular weight excluding hydrogens is 445 g/mol. The van der Waals surface area contributed by atoms with E-state index in [9.17, 15) is 23.1 Å². The fraction of sp³-hybridized carbons (Fsp3) is 0.462. The Hall–Kier alpha value is -3.03. The fourth-order valence-corrected chi connectivity index (χ4v) is 5.54. The van der Waals surface area contributed by atoms with Gasteiger partial charge >= 0.3 is 12.3 Å². The minimum Gasteiger partial charge on any atom is -0.478 e. The van der Waals surface area contributed by atoms with Crippen molar-refractivity contribution in [2.45, 2.75) is 65.3 Å². The summed E-state index contributed by atoms with van der Waals surface area (Å²) in [6.45, 7) is 8.74. The Labute approximate surface area is 196 Å². The van der Waals surface area contributed by atoms with Gasteiger partial charge in [-0.15, -0.1) is 13.2 Å². The number of carboxylic acid groups (broad SMARTS) is 1. The summed E-state index contributed by atoms with van der Waals surface area (Å²) < 4.78 is 43.9. The largest absolute Gasteiger partial charge is 0.573 e. The molecule has 1 aliphatic carbocycles. The number of halogens is 3. The average molecular weight is 475 g/mol. The lowest BCUT2D eigenvalue weighted by Gasteiger charge is -2.40. The number of hydrogen-bond donors (Lipinski definition) is 1. The zero-order valence-electron chi connectivity index (χ0n) is 19.7. The van der Waals surface area contributed by atoms with Gasteiger partial charge in [-0.25, -0.2) is 9.78 Å². The molecular formula is C26H29F3N2O3. The summed E-state index contributed by atoms with van der Waals surface area (Å²) in [7, 11) is 0. The molecule has 3 atom stereocenters. The summed E-state index contributed by atoms with van der Waals surface area (Å²) in [6.07, 6.45) is -1.67. The third kappa shape index (κ3) is 5.05. The number of carbonyl (C=O) groups is 1. The summed E-state index contributed by atoms with van der Waals surface area (Å²) in [6, 6.07) is 11.0. The predicted molar refractivity (Wildman–Crippen MR) is 123 cm³/mol. The Morgan fingerprint density at radius 2 is 1.85 bits per heavy atom. The molecule has 182 valence electrons. The van der Waals surface area contributed by atoms with Crippen molar-refractivity contribution in [3.63, 3.8) is 0 Å². The Kier molecular flexibility index (Phi) is 6.12. The second-order valence-corrected chi connectivity index (χ2v) is 10.3. The monoisotopic (exact) mass is 474 g/mol. The minimum absolute atomic E-state index is 0.150. The van der Waals surface area contributed by atoms with Crippen molar-refractivity contribution in [1.29, 1.82) is 0 Å². The minimum atomic E-state index is -4.74. The van der Waals surface area contributed by atoms with Crippen LogP contribution in [-0.4, -0.2) is 27.0 Å². The van der Waals surface area contributed by atoms with Crippen molar-refractivity contribution in [2.75, 3.05) is 0 Å². The number of ether oxygens (including phenoxy) is 1. The van der Waals surface area contributed by atoms with Crippen molar-refractivity contribution in [3.8, 4) is 5.75 Å². The first-order valence-electron chi connectivity index (χ1n) is 11.4. The van der Waals surface area contributed by atoms with Crippen molar-refractivity contribution in [1.82, 2.24) is 9.55 Å². The standard InChI is InChI=1S/C26H29F3N2O3/c1-15-11-19(14-25(3,4)13-15)31-22-10-7-18(24(32)33)12-21(22)30-23(31)16(2)17-5-8-20(9-6-17)34-26(27,28)29/h5-10,12,15-16,19H,11,13-14H2,1-4H3,(H,32,33)/t15-,16?,19+/m1/s1. The number of carboxylic acids is 1. The molecule has 1 saturated carbocycles. The summed E-state index contributed by atoms with van der Waals surface area (Å²) >= 11 is 0. The van der Waals surface area contributed by atoms with Crippen LogP contribution in [0.15, 0.2) is 42.5 Å². The third-order valence-electron chi connectivity index (χ3n) is 6.69. The Balaban J connectivity index is 1.79. The first-order chi connectivity index (χ1) is 15.8. The van der Waals surface area contributed by atoms with Crippen LogP contribution in [0.25, 0.3) is 11.0 Å². The number of aromatic nitrogens is 2. The predicted octanol–water partition coefficient (Wildman–Crippen LogP) is 7.17. The van der Waals surface area contributed by atoms with E-state index in [2.05, 4.69) is 30.1 Å². The molecule has 0 amide bonds. The van der Waals surface area contributed by atoms with Crippen LogP contribution < -0.4 is 4.74 Å². The lowest BCUT2D eigenvalue weighted by atomic mass is 9.70. The highest BCUT2D eigenvalue weighted by Crippen LogP contribution is 2.46. The van der Waals surface area contributed by atoms with Crippen molar-refractivity contribution >= 4 is 17.0 Å². The van der Waals surface area contributed by atoms with Gasteiger partial charge in [0.05, 0.1) is 16.6 Å². The van der Waals surface area contributed by atoms with Gasteiger partial charge in [-0.05, 0) is 66.5 Å². The van der Waals surface area contributed by atoms with Crippen LogP contribution in [0.3, 0.4) is 0 Å². The Morgan fingerprint density at radius 3 is 2.44 bits per heavy atom. The van der Waals surface area contributed by atoms with E-state index in [1.807, 2.05) is 13.0 Å². The van der Waals surface area contributed by atoms with Crippen LogP contribution >= 0.6 is 0 Å². The molecule has 0 bridgehead atoms. The number of alkyl halides is 3. The number of benzene rings is 2. The maximum atomic E-state index is 12.5. The fourth-order valence-electron chi connectivity index (χ4n) is 5.54. The first kappa shape index (κ1) is 24.1. The van der Waals surface area contributed by atoms with Gasteiger partial charge in [0, 0.05) is 12.0 Å². The SMILES string of the molecule is CC(c1ccc(OC(F)(F)F)cc1)c1nc2cc(C(=O)O)ccc2n1[C@H]1C[C@@H](C)CC(C)(C)C1. The topological polar surface area (TPSA) is 64.3 Å². The zero-order chi connectivity index (χ0) is 24.8. The number of imidazole rings is 1. The number of hydrogen-bond acceptors (Lipinski definition) is 3. The Morgan fingerprint density at radius 1 is 1.18 bits per heavy atom. The molecule has 0 aliphatic heterocycles. The number of rotatable bonds is 5. The molecule has 1 heterocycles. The van der Waals surface area contributed by atoms with E-state index in [-0.39, 0.29) is 28.7 Å². The van der Waals surface area contributed by atoms with E-state index >= 15 is 0 Å². The van der Waals surface area contributed by atoms with Gasteiger partial charge in [0.2, 0.25) is 0 Å². The molecule has 8 heteroatoms. The molecule has 0 saturated heterocycles. The highest BCUT2D eigenvalue weighted by atomic mass is 19.4. The first-order valence-corrected chi connectivity index (χ1v) is 11.4. The van der Waals surface area contributed by atoms with Gasteiger partial charge < -0.3 is 14.4 Å². The van der Waals surface area contributed by atoms with E-state index in [1.54, 1.807) is 24.3 Å². The van der Waals surface area contributed by atoms with Crippen LogP contribution in [0, 0.1) is 11.3 Å². The van der Waals surface area contributed by atoms with E-state index in [4.69, 9.17) is 4.98 Å². The zero-order valence-corrected chi connectivity index (χ0v) is 19.7. The Bertz CT molecular complexity index is 1200.